The number of ether oxygens (including phenoxy) is 1. The Morgan fingerprint density at radius 1 is 1.06 bits per heavy atom. The lowest BCUT2D eigenvalue weighted by atomic mass is 9.98. The Labute approximate surface area is 188 Å². The van der Waals surface area contributed by atoms with Crippen LogP contribution in [0.3, 0.4) is 0 Å². The lowest BCUT2D eigenvalue weighted by Gasteiger charge is -2.18. The Balaban J connectivity index is 1.23. The minimum absolute atomic E-state index is 0.0540. The molecule has 9 heteroatoms. The molecule has 5 rings (SSSR count). The van der Waals surface area contributed by atoms with E-state index in [0.717, 1.165) is 35.1 Å². The highest BCUT2D eigenvalue weighted by Gasteiger charge is 2.36. The Morgan fingerprint density at radius 2 is 1.70 bits per heavy atom. The molecule has 168 valence electrons. The highest BCUT2D eigenvalue weighted by atomic mass is 16.6. The van der Waals surface area contributed by atoms with Gasteiger partial charge in [0.2, 0.25) is 5.88 Å². The largest absolute Gasteiger partial charge is 0.480 e. The molecule has 0 radical (unpaired) electrons. The topological polar surface area (TPSA) is 122 Å². The summed E-state index contributed by atoms with van der Waals surface area (Å²) >= 11 is 0. The van der Waals surface area contributed by atoms with Crippen LogP contribution in [0.1, 0.15) is 40.4 Å². The maximum atomic E-state index is 12.6. The van der Waals surface area contributed by atoms with E-state index in [1.54, 1.807) is 0 Å². The number of anilines is 1. The van der Waals surface area contributed by atoms with Gasteiger partial charge in [-0.3, -0.25) is 14.9 Å². The third-order valence-corrected chi connectivity index (χ3v) is 5.85. The predicted octanol–water partition coefficient (Wildman–Crippen LogP) is 3.72. The van der Waals surface area contributed by atoms with Crippen molar-refractivity contribution in [1.29, 1.82) is 0 Å². The van der Waals surface area contributed by atoms with Gasteiger partial charge in [0.15, 0.2) is 5.69 Å². The molecule has 0 unspecified atom stereocenters. The molecule has 2 amide bonds. The molecule has 9 nitrogen and oxygen atoms in total. The van der Waals surface area contributed by atoms with Crippen molar-refractivity contribution in [2.24, 2.45) is 0 Å². The highest BCUT2D eigenvalue weighted by molar-refractivity contribution is 5.95. The summed E-state index contributed by atoms with van der Waals surface area (Å²) in [5.41, 5.74) is 4.37. The van der Waals surface area contributed by atoms with E-state index >= 15 is 0 Å². The van der Waals surface area contributed by atoms with Gasteiger partial charge >= 0.3 is 12.1 Å². The number of carbonyl (C=O) groups is 3. The molecule has 2 aliphatic carbocycles. The number of aromatic nitrogens is 1. The summed E-state index contributed by atoms with van der Waals surface area (Å²) in [4.78, 5) is 37.3. The third-order valence-electron chi connectivity index (χ3n) is 5.85. The number of nitrogens with zero attached hydrogens (tertiary/aromatic N) is 2. The summed E-state index contributed by atoms with van der Waals surface area (Å²) in [6, 6.07) is 17.2. The van der Waals surface area contributed by atoms with Gasteiger partial charge in [0.1, 0.15) is 13.2 Å². The van der Waals surface area contributed by atoms with Gasteiger partial charge < -0.3 is 19.3 Å². The SMILES string of the molecule is O=C(O)CN(C(=O)c1cc(NC(=O)OCC2c3ccccc3-c3ccccc32)on1)C1CC1. The van der Waals surface area contributed by atoms with Gasteiger partial charge in [-0.2, -0.15) is 0 Å². The number of aliphatic carboxylic acids is 1. The standard InChI is InChI=1S/C24H21N3O6/c28-22(29)12-27(14-9-10-14)23(30)20-11-21(33-26-20)25-24(31)32-13-19-17-7-3-1-5-15(17)16-6-2-4-8-18(16)19/h1-8,11,14,19H,9-10,12-13H2,(H,25,31)(H,28,29). The molecular formula is C24H21N3O6. The van der Waals surface area contributed by atoms with E-state index in [4.69, 9.17) is 14.4 Å². The molecule has 2 aliphatic rings. The molecule has 1 saturated carbocycles. The van der Waals surface area contributed by atoms with Crippen molar-refractivity contribution in [1.82, 2.24) is 10.1 Å². The monoisotopic (exact) mass is 447 g/mol. The third kappa shape index (κ3) is 4.17. The average molecular weight is 447 g/mol. The molecule has 1 aromatic heterocycles. The number of hydrogen-bond acceptors (Lipinski definition) is 6. The Morgan fingerprint density at radius 3 is 2.30 bits per heavy atom. The van der Waals surface area contributed by atoms with E-state index in [2.05, 4.69) is 22.6 Å². The minimum atomic E-state index is -1.10. The number of carboxylic acids is 1. The number of benzene rings is 2. The van der Waals surface area contributed by atoms with Crippen molar-refractivity contribution in [3.63, 3.8) is 0 Å². The van der Waals surface area contributed by atoms with E-state index in [9.17, 15) is 14.4 Å². The molecule has 1 heterocycles. The summed E-state index contributed by atoms with van der Waals surface area (Å²) < 4.78 is 10.5. The number of hydrogen-bond donors (Lipinski definition) is 2. The molecule has 0 bridgehead atoms. The van der Waals surface area contributed by atoms with Gasteiger partial charge in [-0.15, -0.1) is 0 Å². The molecule has 3 aromatic rings. The van der Waals surface area contributed by atoms with Crippen LogP contribution in [0.4, 0.5) is 10.7 Å². The van der Waals surface area contributed by atoms with Crippen molar-refractivity contribution in [2.45, 2.75) is 24.8 Å². The first-order chi connectivity index (χ1) is 16.0. The summed E-state index contributed by atoms with van der Waals surface area (Å²) in [6.45, 7) is -0.278. The molecular weight excluding hydrogens is 426 g/mol. The van der Waals surface area contributed by atoms with Gasteiger partial charge in [-0.1, -0.05) is 53.7 Å². The number of rotatable bonds is 7. The first kappa shape index (κ1) is 20.7. The molecule has 33 heavy (non-hydrogen) atoms. The van der Waals surface area contributed by atoms with Crippen LogP contribution in [0.15, 0.2) is 59.1 Å². The molecule has 0 aliphatic heterocycles. The zero-order valence-corrected chi connectivity index (χ0v) is 17.6. The Hall–Kier alpha value is -4.14. The fourth-order valence-corrected chi connectivity index (χ4v) is 4.22. The molecule has 1 fully saturated rings. The van der Waals surface area contributed by atoms with Crippen LogP contribution < -0.4 is 5.32 Å². The van der Waals surface area contributed by atoms with Crippen molar-refractivity contribution in [2.75, 3.05) is 18.5 Å². The van der Waals surface area contributed by atoms with Crippen LogP contribution >= 0.6 is 0 Å². The van der Waals surface area contributed by atoms with Gasteiger partial charge in [0, 0.05) is 18.0 Å². The van der Waals surface area contributed by atoms with Crippen LogP contribution in [0, 0.1) is 0 Å². The molecule has 2 N–H and O–H groups in total. The lowest BCUT2D eigenvalue weighted by Crippen LogP contribution is -2.37. The van der Waals surface area contributed by atoms with Crippen molar-refractivity contribution in [3.05, 3.63) is 71.4 Å². The Bertz CT molecular complexity index is 1190. The van der Waals surface area contributed by atoms with Crippen LogP contribution in [-0.2, 0) is 9.53 Å². The van der Waals surface area contributed by atoms with Gasteiger partial charge in [-0.25, -0.2) is 4.79 Å². The van der Waals surface area contributed by atoms with Crippen LogP contribution in [-0.4, -0.2) is 52.3 Å². The molecule has 0 atom stereocenters. The summed E-state index contributed by atoms with van der Waals surface area (Å²) in [6.07, 6.45) is 0.764. The number of carboxylic acid groups (broad SMARTS) is 1. The van der Waals surface area contributed by atoms with Crippen molar-refractivity contribution < 1.29 is 28.8 Å². The van der Waals surface area contributed by atoms with E-state index < -0.39 is 24.5 Å². The molecule has 0 spiro atoms. The maximum Gasteiger partial charge on any atom is 0.414 e. The number of nitrogens with one attached hydrogen (secondary N) is 1. The summed E-state index contributed by atoms with van der Waals surface area (Å²) in [5, 5.41) is 15.2. The fraction of sp³-hybridized carbons (Fsp3) is 0.250. The number of carbonyl (C=O) groups excluding carboxylic acids is 2. The smallest absolute Gasteiger partial charge is 0.414 e. The summed E-state index contributed by atoms with van der Waals surface area (Å²) in [7, 11) is 0. The van der Waals surface area contributed by atoms with Crippen molar-refractivity contribution in [3.8, 4) is 11.1 Å². The van der Waals surface area contributed by atoms with E-state index in [0.29, 0.717) is 0 Å². The van der Waals surface area contributed by atoms with Crippen LogP contribution in [0.25, 0.3) is 11.1 Å². The highest BCUT2D eigenvalue weighted by Crippen LogP contribution is 2.44. The predicted molar refractivity (Wildman–Crippen MR) is 117 cm³/mol. The van der Waals surface area contributed by atoms with Crippen molar-refractivity contribution >= 4 is 23.9 Å². The molecule has 2 aromatic carbocycles. The second kappa shape index (κ2) is 8.42. The zero-order chi connectivity index (χ0) is 22.9. The zero-order valence-electron chi connectivity index (χ0n) is 17.6. The quantitative estimate of drug-likeness (QED) is 0.566. The van der Waals surface area contributed by atoms with Gasteiger partial charge in [-0.05, 0) is 35.1 Å². The number of amides is 2. The van der Waals surface area contributed by atoms with Gasteiger partial charge in [0.25, 0.3) is 5.91 Å². The minimum Gasteiger partial charge on any atom is -0.480 e. The van der Waals surface area contributed by atoms with Crippen LogP contribution in [0.2, 0.25) is 0 Å². The summed E-state index contributed by atoms with van der Waals surface area (Å²) in [5.74, 6) is -1.79. The normalized spacial score (nSPS) is 14.3. The fourth-order valence-electron chi connectivity index (χ4n) is 4.22. The van der Waals surface area contributed by atoms with Crippen LogP contribution in [0.5, 0.6) is 0 Å². The molecule has 0 saturated heterocycles. The van der Waals surface area contributed by atoms with Gasteiger partial charge in [0.05, 0.1) is 0 Å². The first-order valence-electron chi connectivity index (χ1n) is 10.6. The number of fused-ring (bicyclic) bond motifs is 3. The average Bonchev–Trinajstić information content (AvgIpc) is 3.47. The van der Waals surface area contributed by atoms with E-state index in [1.807, 2.05) is 36.4 Å². The lowest BCUT2D eigenvalue weighted by molar-refractivity contribution is -0.137. The second-order valence-electron chi connectivity index (χ2n) is 8.08. The first-order valence-corrected chi connectivity index (χ1v) is 10.6. The maximum absolute atomic E-state index is 12.6. The van der Waals surface area contributed by atoms with E-state index in [-0.39, 0.29) is 30.1 Å². The van der Waals surface area contributed by atoms with E-state index in [1.165, 1.54) is 11.0 Å². The Kier molecular flexibility index (Phi) is 5.29. The second-order valence-corrected chi connectivity index (χ2v) is 8.08.